The molecule has 1 aromatic heterocycles. The molecule has 0 unspecified atom stereocenters. The van der Waals surface area contributed by atoms with Crippen LogP contribution in [0.5, 0.6) is 0 Å². The van der Waals surface area contributed by atoms with Crippen molar-refractivity contribution in [1.29, 1.82) is 0 Å². The van der Waals surface area contributed by atoms with Crippen LogP contribution in [0.15, 0.2) is 6.07 Å². The average molecular weight is 264 g/mol. The molecule has 19 heavy (non-hydrogen) atoms. The van der Waals surface area contributed by atoms with E-state index >= 15 is 0 Å². The smallest absolute Gasteiger partial charge is 0.226 e. The molecule has 0 amide bonds. The van der Waals surface area contributed by atoms with E-state index in [1.165, 1.54) is 0 Å². The largest absolute Gasteiger partial charge is 0.383 e. The van der Waals surface area contributed by atoms with E-state index in [0.717, 1.165) is 31.9 Å². The molecule has 1 aromatic rings. The molecule has 1 atom stereocenters. The van der Waals surface area contributed by atoms with Crippen molar-refractivity contribution in [2.45, 2.75) is 26.3 Å². The Kier molecular flexibility index (Phi) is 4.42. The lowest BCUT2D eigenvalue weighted by Gasteiger charge is -2.19. The number of likely N-dealkylation sites (N-methyl/N-ethyl adjacent to an activating group) is 1. The Labute approximate surface area is 114 Å². The van der Waals surface area contributed by atoms with Crippen LogP contribution in [-0.2, 0) is 0 Å². The van der Waals surface area contributed by atoms with Crippen LogP contribution in [0, 0.1) is 5.92 Å². The van der Waals surface area contributed by atoms with Crippen molar-refractivity contribution in [3.8, 4) is 0 Å². The molecule has 0 aliphatic carbocycles. The molecule has 4 N–H and O–H groups in total. The van der Waals surface area contributed by atoms with Gasteiger partial charge in [0, 0.05) is 31.7 Å². The van der Waals surface area contributed by atoms with Gasteiger partial charge in [0.15, 0.2) is 0 Å². The van der Waals surface area contributed by atoms with Gasteiger partial charge < -0.3 is 21.3 Å². The minimum absolute atomic E-state index is 0.518. The zero-order chi connectivity index (χ0) is 13.8. The maximum atomic E-state index is 5.87. The van der Waals surface area contributed by atoms with E-state index in [-0.39, 0.29) is 0 Å². The van der Waals surface area contributed by atoms with E-state index in [2.05, 4.69) is 39.3 Å². The van der Waals surface area contributed by atoms with Crippen molar-refractivity contribution in [1.82, 2.24) is 15.3 Å². The lowest BCUT2D eigenvalue weighted by Crippen LogP contribution is -2.30. The predicted molar refractivity (Wildman–Crippen MR) is 79.4 cm³/mol. The van der Waals surface area contributed by atoms with Gasteiger partial charge in [0.25, 0.3) is 0 Å². The summed E-state index contributed by atoms with van der Waals surface area (Å²) in [6, 6.07) is 2.38. The SMILES string of the molecule is CN[C@@H]1CCN(c2cc(N)nc(NCC(C)C)n2)C1. The first-order valence-corrected chi connectivity index (χ1v) is 6.89. The van der Waals surface area contributed by atoms with Crippen LogP contribution in [0.2, 0.25) is 0 Å². The van der Waals surface area contributed by atoms with Crippen molar-refractivity contribution in [3.63, 3.8) is 0 Å². The number of hydrogen-bond acceptors (Lipinski definition) is 6. The summed E-state index contributed by atoms with van der Waals surface area (Å²) in [6.07, 6.45) is 1.13. The average Bonchev–Trinajstić information content (AvgIpc) is 2.84. The van der Waals surface area contributed by atoms with Crippen LogP contribution in [0.4, 0.5) is 17.6 Å². The van der Waals surface area contributed by atoms with Gasteiger partial charge in [-0.25, -0.2) is 0 Å². The second-order valence-electron chi connectivity index (χ2n) is 5.47. The zero-order valence-electron chi connectivity index (χ0n) is 12.0. The number of nitrogens with two attached hydrogens (primary N) is 1. The van der Waals surface area contributed by atoms with Gasteiger partial charge in [-0.1, -0.05) is 13.8 Å². The molecule has 6 heteroatoms. The quantitative estimate of drug-likeness (QED) is 0.734. The van der Waals surface area contributed by atoms with Gasteiger partial charge in [0.1, 0.15) is 11.6 Å². The summed E-state index contributed by atoms with van der Waals surface area (Å²) in [7, 11) is 2.00. The zero-order valence-corrected chi connectivity index (χ0v) is 12.0. The fraction of sp³-hybridized carbons (Fsp3) is 0.692. The molecule has 1 saturated heterocycles. The molecule has 1 fully saturated rings. The van der Waals surface area contributed by atoms with Crippen molar-refractivity contribution in [2.75, 3.05) is 42.6 Å². The summed E-state index contributed by atoms with van der Waals surface area (Å²) in [6.45, 7) is 7.13. The number of nitrogens with one attached hydrogen (secondary N) is 2. The molecule has 0 saturated carbocycles. The first-order valence-electron chi connectivity index (χ1n) is 6.89. The molecular formula is C13H24N6. The second-order valence-corrected chi connectivity index (χ2v) is 5.47. The molecule has 0 radical (unpaired) electrons. The molecule has 1 aliphatic rings. The number of aromatic nitrogens is 2. The number of nitrogens with zero attached hydrogens (tertiary/aromatic N) is 3. The van der Waals surface area contributed by atoms with Gasteiger partial charge >= 0.3 is 0 Å². The highest BCUT2D eigenvalue weighted by Crippen LogP contribution is 2.21. The monoisotopic (exact) mass is 264 g/mol. The number of nitrogen functional groups attached to an aromatic ring is 1. The standard InChI is InChI=1S/C13H24N6/c1-9(2)7-16-13-17-11(14)6-12(18-13)19-5-4-10(8-19)15-3/h6,9-10,15H,4-5,7-8H2,1-3H3,(H3,14,16,17,18)/t10-/m1/s1. The van der Waals surface area contributed by atoms with Crippen molar-refractivity contribution in [3.05, 3.63) is 6.07 Å². The third-order valence-corrected chi connectivity index (χ3v) is 3.32. The van der Waals surface area contributed by atoms with Gasteiger partial charge in [-0.05, 0) is 19.4 Å². The van der Waals surface area contributed by atoms with Gasteiger partial charge in [-0.2, -0.15) is 9.97 Å². The molecule has 0 spiro atoms. The Morgan fingerprint density at radius 2 is 2.26 bits per heavy atom. The highest BCUT2D eigenvalue weighted by atomic mass is 15.3. The van der Waals surface area contributed by atoms with E-state index in [1.807, 2.05) is 13.1 Å². The van der Waals surface area contributed by atoms with Gasteiger partial charge in [0.05, 0.1) is 0 Å². The maximum Gasteiger partial charge on any atom is 0.226 e. The molecule has 0 aromatic carbocycles. The van der Waals surface area contributed by atoms with E-state index in [4.69, 9.17) is 5.73 Å². The number of rotatable bonds is 5. The minimum Gasteiger partial charge on any atom is -0.383 e. The molecule has 6 nitrogen and oxygen atoms in total. The van der Waals surface area contributed by atoms with Crippen LogP contribution < -0.4 is 21.3 Å². The Balaban J connectivity index is 2.08. The van der Waals surface area contributed by atoms with E-state index in [0.29, 0.717) is 23.7 Å². The third kappa shape index (κ3) is 3.70. The summed E-state index contributed by atoms with van der Waals surface area (Å²) < 4.78 is 0. The summed E-state index contributed by atoms with van der Waals surface area (Å²) in [4.78, 5) is 11.0. The van der Waals surface area contributed by atoms with Crippen molar-refractivity contribution in [2.24, 2.45) is 5.92 Å². The first-order chi connectivity index (χ1) is 9.08. The van der Waals surface area contributed by atoms with E-state index in [1.54, 1.807) is 0 Å². The molecule has 106 valence electrons. The summed E-state index contributed by atoms with van der Waals surface area (Å²) in [5.74, 6) is 2.60. The predicted octanol–water partition coefficient (Wildman–Crippen LogP) is 0.925. The molecule has 2 heterocycles. The normalized spacial score (nSPS) is 19.2. The molecule has 2 rings (SSSR count). The Morgan fingerprint density at radius 3 is 2.89 bits per heavy atom. The summed E-state index contributed by atoms with van der Waals surface area (Å²) in [5, 5.41) is 6.53. The number of anilines is 3. The van der Waals surface area contributed by atoms with Gasteiger partial charge in [0.2, 0.25) is 5.95 Å². The molecular weight excluding hydrogens is 240 g/mol. The highest BCUT2D eigenvalue weighted by Gasteiger charge is 2.22. The Bertz CT molecular complexity index is 420. The van der Waals surface area contributed by atoms with E-state index in [9.17, 15) is 0 Å². The van der Waals surface area contributed by atoms with Crippen molar-refractivity contribution >= 4 is 17.6 Å². The van der Waals surface area contributed by atoms with Crippen molar-refractivity contribution < 1.29 is 0 Å². The van der Waals surface area contributed by atoms with Gasteiger partial charge in [-0.15, -0.1) is 0 Å². The highest BCUT2D eigenvalue weighted by molar-refractivity contribution is 5.52. The van der Waals surface area contributed by atoms with Crippen LogP contribution in [0.3, 0.4) is 0 Å². The van der Waals surface area contributed by atoms with Crippen LogP contribution in [-0.4, -0.2) is 42.7 Å². The lowest BCUT2D eigenvalue weighted by atomic mass is 10.2. The van der Waals surface area contributed by atoms with Gasteiger partial charge in [-0.3, -0.25) is 0 Å². The fourth-order valence-corrected chi connectivity index (χ4v) is 2.19. The Morgan fingerprint density at radius 1 is 1.47 bits per heavy atom. The maximum absolute atomic E-state index is 5.87. The Hall–Kier alpha value is -1.56. The molecule has 0 bridgehead atoms. The third-order valence-electron chi connectivity index (χ3n) is 3.32. The van der Waals surface area contributed by atoms with Crippen LogP contribution >= 0.6 is 0 Å². The summed E-state index contributed by atoms with van der Waals surface area (Å²) in [5.41, 5.74) is 5.87. The van der Waals surface area contributed by atoms with Crippen LogP contribution in [0.1, 0.15) is 20.3 Å². The second kappa shape index (κ2) is 6.06. The number of hydrogen-bond donors (Lipinski definition) is 3. The van der Waals surface area contributed by atoms with E-state index < -0.39 is 0 Å². The fourth-order valence-electron chi connectivity index (χ4n) is 2.19. The minimum atomic E-state index is 0.518. The lowest BCUT2D eigenvalue weighted by molar-refractivity contribution is 0.616. The first kappa shape index (κ1) is 13.9. The topological polar surface area (TPSA) is 79.1 Å². The van der Waals surface area contributed by atoms with Crippen LogP contribution in [0.25, 0.3) is 0 Å². The molecule has 1 aliphatic heterocycles. The summed E-state index contributed by atoms with van der Waals surface area (Å²) >= 11 is 0.